The minimum atomic E-state index is 0.761. The minimum absolute atomic E-state index is 0.761. The second-order valence-electron chi connectivity index (χ2n) is 4.52. The van der Waals surface area contributed by atoms with Crippen molar-refractivity contribution in [3.05, 3.63) is 30.3 Å². The highest BCUT2D eigenvalue weighted by Crippen LogP contribution is 2.23. The van der Waals surface area contributed by atoms with Crippen LogP contribution in [0, 0.1) is 5.92 Å². The van der Waals surface area contributed by atoms with E-state index in [1.54, 1.807) is 0 Å². The first-order valence-corrected chi connectivity index (χ1v) is 6.34. The zero-order valence-electron chi connectivity index (χ0n) is 9.82. The lowest BCUT2D eigenvalue weighted by Gasteiger charge is -2.11. The molecule has 1 aromatic carbocycles. The molecule has 2 rings (SSSR count). The maximum atomic E-state index is 5.61. The van der Waals surface area contributed by atoms with E-state index in [4.69, 9.17) is 4.74 Å². The molecule has 1 aliphatic rings. The SMILES string of the molecule is c1ccc(OCCNCC2CCCC2)cc1. The minimum Gasteiger partial charge on any atom is -0.492 e. The molecule has 2 heteroatoms. The molecule has 2 nitrogen and oxygen atoms in total. The molecule has 0 aliphatic heterocycles. The van der Waals surface area contributed by atoms with Crippen LogP contribution in [0.3, 0.4) is 0 Å². The van der Waals surface area contributed by atoms with Crippen molar-refractivity contribution in [1.29, 1.82) is 0 Å². The Morgan fingerprint density at radius 3 is 2.62 bits per heavy atom. The summed E-state index contributed by atoms with van der Waals surface area (Å²) in [6.07, 6.45) is 5.67. The number of hydrogen-bond acceptors (Lipinski definition) is 2. The molecular weight excluding hydrogens is 198 g/mol. The van der Waals surface area contributed by atoms with Crippen LogP contribution in [0.25, 0.3) is 0 Å². The summed E-state index contributed by atoms with van der Waals surface area (Å²) in [6, 6.07) is 10.0. The fourth-order valence-corrected chi connectivity index (χ4v) is 2.28. The molecule has 1 fully saturated rings. The monoisotopic (exact) mass is 219 g/mol. The molecule has 0 amide bonds. The van der Waals surface area contributed by atoms with Crippen LogP contribution in [-0.2, 0) is 0 Å². The van der Waals surface area contributed by atoms with Crippen LogP contribution in [-0.4, -0.2) is 19.7 Å². The molecule has 0 spiro atoms. The normalized spacial score (nSPS) is 16.5. The number of benzene rings is 1. The van der Waals surface area contributed by atoms with Crippen molar-refractivity contribution in [2.75, 3.05) is 19.7 Å². The lowest BCUT2D eigenvalue weighted by Crippen LogP contribution is -2.26. The zero-order chi connectivity index (χ0) is 11.1. The van der Waals surface area contributed by atoms with E-state index >= 15 is 0 Å². The van der Waals surface area contributed by atoms with E-state index in [-0.39, 0.29) is 0 Å². The standard InChI is InChI=1S/C14H21NO/c1-2-8-14(9-3-1)16-11-10-15-12-13-6-4-5-7-13/h1-3,8-9,13,15H,4-7,10-12H2. The van der Waals surface area contributed by atoms with E-state index in [1.807, 2.05) is 30.3 Å². The van der Waals surface area contributed by atoms with E-state index in [1.165, 1.54) is 25.7 Å². The summed E-state index contributed by atoms with van der Waals surface area (Å²) in [5.41, 5.74) is 0. The number of hydrogen-bond donors (Lipinski definition) is 1. The molecule has 0 unspecified atom stereocenters. The molecule has 1 aliphatic carbocycles. The van der Waals surface area contributed by atoms with Crippen molar-refractivity contribution in [3.63, 3.8) is 0 Å². The zero-order valence-corrected chi connectivity index (χ0v) is 9.82. The van der Waals surface area contributed by atoms with Gasteiger partial charge in [-0.15, -0.1) is 0 Å². The maximum Gasteiger partial charge on any atom is 0.119 e. The topological polar surface area (TPSA) is 21.3 Å². The van der Waals surface area contributed by atoms with E-state index in [9.17, 15) is 0 Å². The number of nitrogens with one attached hydrogen (secondary N) is 1. The van der Waals surface area contributed by atoms with Gasteiger partial charge in [-0.1, -0.05) is 31.0 Å². The summed E-state index contributed by atoms with van der Waals surface area (Å²) in [5.74, 6) is 1.88. The second-order valence-corrected chi connectivity index (χ2v) is 4.52. The highest BCUT2D eigenvalue weighted by atomic mass is 16.5. The summed E-state index contributed by atoms with van der Waals surface area (Å²) in [6.45, 7) is 2.88. The Bertz CT molecular complexity index is 280. The van der Waals surface area contributed by atoms with Gasteiger partial charge < -0.3 is 10.1 Å². The van der Waals surface area contributed by atoms with Gasteiger partial charge in [0.05, 0.1) is 0 Å². The Morgan fingerprint density at radius 1 is 1.12 bits per heavy atom. The fraction of sp³-hybridized carbons (Fsp3) is 0.571. The molecule has 1 aromatic rings. The number of para-hydroxylation sites is 1. The third kappa shape index (κ3) is 3.86. The lowest BCUT2D eigenvalue weighted by atomic mass is 10.1. The first kappa shape index (κ1) is 11.5. The average Bonchev–Trinajstić information content (AvgIpc) is 2.83. The van der Waals surface area contributed by atoms with Gasteiger partial charge in [-0.3, -0.25) is 0 Å². The Morgan fingerprint density at radius 2 is 1.88 bits per heavy atom. The molecule has 88 valence electrons. The highest BCUT2D eigenvalue weighted by molar-refractivity contribution is 5.20. The first-order valence-electron chi connectivity index (χ1n) is 6.34. The van der Waals surface area contributed by atoms with Gasteiger partial charge in [-0.25, -0.2) is 0 Å². The van der Waals surface area contributed by atoms with E-state index in [0.717, 1.165) is 31.4 Å². The van der Waals surface area contributed by atoms with Crippen LogP contribution in [0.1, 0.15) is 25.7 Å². The quantitative estimate of drug-likeness (QED) is 0.743. The van der Waals surface area contributed by atoms with Crippen LogP contribution in [0.2, 0.25) is 0 Å². The number of ether oxygens (including phenoxy) is 1. The predicted molar refractivity (Wildman–Crippen MR) is 66.8 cm³/mol. The van der Waals surface area contributed by atoms with E-state index in [0.29, 0.717) is 0 Å². The predicted octanol–water partition coefficient (Wildman–Crippen LogP) is 2.85. The van der Waals surface area contributed by atoms with Gasteiger partial charge in [0, 0.05) is 6.54 Å². The summed E-state index contributed by atoms with van der Waals surface area (Å²) in [7, 11) is 0. The lowest BCUT2D eigenvalue weighted by molar-refractivity contribution is 0.309. The smallest absolute Gasteiger partial charge is 0.119 e. The van der Waals surface area contributed by atoms with Crippen molar-refractivity contribution in [1.82, 2.24) is 5.32 Å². The molecule has 0 saturated heterocycles. The second kappa shape index (κ2) is 6.54. The van der Waals surface area contributed by atoms with Gasteiger partial charge >= 0.3 is 0 Å². The maximum absolute atomic E-state index is 5.61. The van der Waals surface area contributed by atoms with Gasteiger partial charge in [-0.2, -0.15) is 0 Å². The summed E-state index contributed by atoms with van der Waals surface area (Å²) in [5, 5.41) is 3.47. The Kier molecular flexibility index (Phi) is 4.69. The van der Waals surface area contributed by atoms with Crippen molar-refractivity contribution >= 4 is 0 Å². The molecule has 1 saturated carbocycles. The third-order valence-electron chi connectivity index (χ3n) is 3.20. The van der Waals surface area contributed by atoms with Crippen LogP contribution in [0.5, 0.6) is 5.75 Å². The molecule has 0 atom stereocenters. The molecule has 0 aromatic heterocycles. The van der Waals surface area contributed by atoms with Crippen LogP contribution < -0.4 is 10.1 Å². The van der Waals surface area contributed by atoms with Gasteiger partial charge in [0.1, 0.15) is 12.4 Å². The van der Waals surface area contributed by atoms with E-state index < -0.39 is 0 Å². The molecule has 0 bridgehead atoms. The molecule has 16 heavy (non-hydrogen) atoms. The first-order chi connectivity index (χ1) is 7.95. The number of rotatable bonds is 6. The van der Waals surface area contributed by atoms with Gasteiger partial charge in [0.15, 0.2) is 0 Å². The Hall–Kier alpha value is -1.02. The third-order valence-corrected chi connectivity index (χ3v) is 3.20. The molecule has 0 heterocycles. The van der Waals surface area contributed by atoms with Gasteiger partial charge in [0.25, 0.3) is 0 Å². The van der Waals surface area contributed by atoms with E-state index in [2.05, 4.69) is 5.32 Å². The van der Waals surface area contributed by atoms with Crippen LogP contribution in [0.4, 0.5) is 0 Å². The van der Waals surface area contributed by atoms with Gasteiger partial charge in [0.2, 0.25) is 0 Å². The summed E-state index contributed by atoms with van der Waals surface area (Å²) >= 11 is 0. The van der Waals surface area contributed by atoms with Crippen LogP contribution >= 0.6 is 0 Å². The fourth-order valence-electron chi connectivity index (χ4n) is 2.28. The Labute approximate surface area is 98.0 Å². The summed E-state index contributed by atoms with van der Waals surface area (Å²) < 4.78 is 5.61. The van der Waals surface area contributed by atoms with Crippen LogP contribution in [0.15, 0.2) is 30.3 Å². The Balaban J connectivity index is 1.52. The van der Waals surface area contributed by atoms with Crippen molar-refractivity contribution in [2.24, 2.45) is 5.92 Å². The molecule has 0 radical (unpaired) electrons. The summed E-state index contributed by atoms with van der Waals surface area (Å²) in [4.78, 5) is 0. The average molecular weight is 219 g/mol. The van der Waals surface area contributed by atoms with Crippen molar-refractivity contribution in [2.45, 2.75) is 25.7 Å². The largest absolute Gasteiger partial charge is 0.492 e. The van der Waals surface area contributed by atoms with Gasteiger partial charge in [-0.05, 0) is 37.4 Å². The molecule has 1 N–H and O–H groups in total. The van der Waals surface area contributed by atoms with Crippen molar-refractivity contribution in [3.8, 4) is 5.75 Å². The van der Waals surface area contributed by atoms with Crippen molar-refractivity contribution < 1.29 is 4.74 Å². The highest BCUT2D eigenvalue weighted by Gasteiger charge is 2.13. The molecular formula is C14H21NO.